The number of nitrogens with one attached hydrogen (secondary N) is 1. The largest absolute Gasteiger partial charge is 0.340 e. The van der Waals surface area contributed by atoms with Gasteiger partial charge in [-0.25, -0.2) is 0 Å². The maximum absolute atomic E-state index is 12.0. The van der Waals surface area contributed by atoms with Crippen molar-refractivity contribution < 1.29 is 4.79 Å². The molecule has 20 heavy (non-hydrogen) atoms. The summed E-state index contributed by atoms with van der Waals surface area (Å²) < 4.78 is 0. The Morgan fingerprint density at radius 3 is 2.70 bits per heavy atom. The topological polar surface area (TPSA) is 32.3 Å². The first kappa shape index (κ1) is 13.1. The summed E-state index contributed by atoms with van der Waals surface area (Å²) in [5, 5.41) is 5.72. The van der Waals surface area contributed by atoms with Gasteiger partial charge in [0.15, 0.2) is 0 Å². The lowest BCUT2D eigenvalue weighted by atomic mass is 10.1. The minimum Gasteiger partial charge on any atom is -0.340 e. The van der Waals surface area contributed by atoms with E-state index in [1.54, 1.807) is 4.90 Å². The van der Waals surface area contributed by atoms with E-state index in [1.807, 2.05) is 19.2 Å². The number of likely N-dealkylation sites (N-methyl/N-ethyl adjacent to an activating group) is 1. The van der Waals surface area contributed by atoms with Gasteiger partial charge in [-0.1, -0.05) is 36.4 Å². The fourth-order valence-corrected chi connectivity index (χ4v) is 2.35. The predicted octanol–water partition coefficient (Wildman–Crippen LogP) is 2.55. The average Bonchev–Trinajstić information content (AvgIpc) is 3.28. The number of amides is 1. The van der Waals surface area contributed by atoms with Gasteiger partial charge in [0.1, 0.15) is 0 Å². The van der Waals surface area contributed by atoms with Gasteiger partial charge in [0.2, 0.25) is 5.91 Å². The first-order chi connectivity index (χ1) is 9.72. The van der Waals surface area contributed by atoms with Crippen molar-refractivity contribution >= 4 is 16.7 Å². The molecular weight excluding hydrogens is 248 g/mol. The van der Waals surface area contributed by atoms with Crippen LogP contribution in [0.3, 0.4) is 0 Å². The Morgan fingerprint density at radius 2 is 1.95 bits per heavy atom. The van der Waals surface area contributed by atoms with Gasteiger partial charge in [-0.15, -0.1) is 0 Å². The summed E-state index contributed by atoms with van der Waals surface area (Å²) in [5.74, 6) is 0.157. The molecule has 1 aliphatic rings. The van der Waals surface area contributed by atoms with Gasteiger partial charge in [-0.2, -0.15) is 0 Å². The maximum Gasteiger partial charge on any atom is 0.236 e. The van der Waals surface area contributed by atoms with Gasteiger partial charge in [0, 0.05) is 19.6 Å². The molecule has 0 bridgehead atoms. The third-order valence-electron chi connectivity index (χ3n) is 3.78. The zero-order valence-electron chi connectivity index (χ0n) is 11.8. The zero-order valence-corrected chi connectivity index (χ0v) is 11.8. The molecule has 1 saturated carbocycles. The summed E-state index contributed by atoms with van der Waals surface area (Å²) in [4.78, 5) is 13.8. The highest BCUT2D eigenvalue weighted by Gasteiger charge is 2.22. The minimum absolute atomic E-state index is 0.157. The van der Waals surface area contributed by atoms with Crippen LogP contribution in [0.4, 0.5) is 0 Å². The summed E-state index contributed by atoms with van der Waals surface area (Å²) in [7, 11) is 1.87. The van der Waals surface area contributed by atoms with Gasteiger partial charge in [-0.05, 0) is 35.2 Å². The molecule has 0 aliphatic heterocycles. The van der Waals surface area contributed by atoms with E-state index in [0.29, 0.717) is 19.1 Å². The molecule has 3 nitrogen and oxygen atoms in total. The predicted molar refractivity (Wildman–Crippen MR) is 81.4 cm³/mol. The number of hydrogen-bond donors (Lipinski definition) is 1. The smallest absolute Gasteiger partial charge is 0.236 e. The lowest BCUT2D eigenvalue weighted by molar-refractivity contribution is -0.129. The molecule has 3 rings (SSSR count). The SMILES string of the molecule is CN(Cc1ccc2ccccc2c1)C(=O)CNC1CC1. The van der Waals surface area contributed by atoms with Crippen LogP contribution in [-0.4, -0.2) is 30.4 Å². The number of carbonyl (C=O) groups excluding carboxylic acids is 1. The number of rotatable bonds is 5. The van der Waals surface area contributed by atoms with E-state index in [9.17, 15) is 4.79 Å². The molecule has 0 atom stereocenters. The number of nitrogens with zero attached hydrogens (tertiary/aromatic N) is 1. The molecule has 3 heteroatoms. The maximum atomic E-state index is 12.0. The highest BCUT2D eigenvalue weighted by atomic mass is 16.2. The van der Waals surface area contributed by atoms with Crippen molar-refractivity contribution in [3.63, 3.8) is 0 Å². The van der Waals surface area contributed by atoms with Gasteiger partial charge in [-0.3, -0.25) is 4.79 Å². The van der Waals surface area contributed by atoms with Gasteiger partial charge < -0.3 is 10.2 Å². The Hall–Kier alpha value is -1.87. The van der Waals surface area contributed by atoms with Crippen LogP contribution in [0.5, 0.6) is 0 Å². The third-order valence-corrected chi connectivity index (χ3v) is 3.78. The monoisotopic (exact) mass is 268 g/mol. The molecule has 2 aromatic carbocycles. The summed E-state index contributed by atoms with van der Waals surface area (Å²) >= 11 is 0. The first-order valence-electron chi connectivity index (χ1n) is 7.17. The van der Waals surface area contributed by atoms with Crippen molar-refractivity contribution in [3.8, 4) is 0 Å². The van der Waals surface area contributed by atoms with E-state index in [4.69, 9.17) is 0 Å². The quantitative estimate of drug-likeness (QED) is 0.904. The molecule has 0 heterocycles. The average molecular weight is 268 g/mol. The van der Waals surface area contributed by atoms with Crippen LogP contribution in [-0.2, 0) is 11.3 Å². The van der Waals surface area contributed by atoms with Crippen molar-refractivity contribution in [1.29, 1.82) is 0 Å². The number of fused-ring (bicyclic) bond motifs is 1. The summed E-state index contributed by atoms with van der Waals surface area (Å²) in [6, 6.07) is 15.2. The second-order valence-electron chi connectivity index (χ2n) is 5.59. The van der Waals surface area contributed by atoms with E-state index >= 15 is 0 Å². The lowest BCUT2D eigenvalue weighted by Crippen LogP contribution is -2.35. The molecule has 2 aromatic rings. The van der Waals surface area contributed by atoms with Gasteiger partial charge >= 0.3 is 0 Å². The summed E-state index contributed by atoms with van der Waals surface area (Å²) in [6.45, 7) is 1.12. The highest BCUT2D eigenvalue weighted by Crippen LogP contribution is 2.18. The van der Waals surface area contributed by atoms with E-state index in [0.717, 1.165) is 0 Å². The van der Waals surface area contributed by atoms with Crippen molar-refractivity contribution in [1.82, 2.24) is 10.2 Å². The molecule has 0 radical (unpaired) electrons. The van der Waals surface area contributed by atoms with Crippen molar-refractivity contribution in [2.24, 2.45) is 0 Å². The fraction of sp³-hybridized carbons (Fsp3) is 0.353. The van der Waals surface area contributed by atoms with Crippen LogP contribution in [0.2, 0.25) is 0 Å². The highest BCUT2D eigenvalue weighted by molar-refractivity contribution is 5.83. The van der Waals surface area contributed by atoms with Crippen LogP contribution in [0, 0.1) is 0 Å². The van der Waals surface area contributed by atoms with Gasteiger partial charge in [0.05, 0.1) is 6.54 Å². The molecule has 0 aromatic heterocycles. The first-order valence-corrected chi connectivity index (χ1v) is 7.17. The molecular formula is C17H20N2O. The second kappa shape index (κ2) is 5.63. The van der Waals surface area contributed by atoms with E-state index < -0.39 is 0 Å². The van der Waals surface area contributed by atoms with E-state index in [2.05, 4.69) is 35.6 Å². The van der Waals surface area contributed by atoms with Crippen LogP contribution < -0.4 is 5.32 Å². The standard InChI is InChI=1S/C17H20N2O/c1-19(17(20)11-18-16-8-9-16)12-13-6-7-14-4-2-3-5-15(14)10-13/h2-7,10,16,18H,8-9,11-12H2,1H3. The summed E-state index contributed by atoms with van der Waals surface area (Å²) in [6.07, 6.45) is 2.42. The van der Waals surface area contributed by atoms with E-state index in [1.165, 1.54) is 29.2 Å². The molecule has 1 aliphatic carbocycles. The third kappa shape index (κ3) is 3.17. The van der Waals surface area contributed by atoms with Crippen molar-refractivity contribution in [3.05, 3.63) is 48.0 Å². The van der Waals surface area contributed by atoms with Crippen LogP contribution >= 0.6 is 0 Å². The Balaban J connectivity index is 1.63. The van der Waals surface area contributed by atoms with Gasteiger partial charge in [0.25, 0.3) is 0 Å². The van der Waals surface area contributed by atoms with Crippen molar-refractivity contribution in [2.75, 3.05) is 13.6 Å². The fourth-order valence-electron chi connectivity index (χ4n) is 2.35. The summed E-state index contributed by atoms with van der Waals surface area (Å²) in [5.41, 5.74) is 1.17. The molecule has 0 saturated heterocycles. The van der Waals surface area contributed by atoms with Crippen molar-refractivity contribution in [2.45, 2.75) is 25.4 Å². The molecule has 1 fully saturated rings. The molecule has 1 amide bonds. The van der Waals surface area contributed by atoms with Crippen LogP contribution in [0.15, 0.2) is 42.5 Å². The second-order valence-corrected chi connectivity index (χ2v) is 5.59. The number of carbonyl (C=O) groups is 1. The Bertz CT molecular complexity index is 619. The Kier molecular flexibility index (Phi) is 3.70. The van der Waals surface area contributed by atoms with E-state index in [-0.39, 0.29) is 5.91 Å². The number of benzene rings is 2. The molecule has 0 spiro atoms. The lowest BCUT2D eigenvalue weighted by Gasteiger charge is -2.18. The van der Waals surface area contributed by atoms with Crippen LogP contribution in [0.25, 0.3) is 10.8 Å². The molecule has 0 unspecified atom stereocenters. The van der Waals surface area contributed by atoms with Crippen LogP contribution in [0.1, 0.15) is 18.4 Å². The number of hydrogen-bond acceptors (Lipinski definition) is 2. The normalized spacial score (nSPS) is 14.4. The zero-order chi connectivity index (χ0) is 13.9. The molecule has 1 N–H and O–H groups in total. The Labute approximate surface area is 119 Å². The minimum atomic E-state index is 0.157. The Morgan fingerprint density at radius 1 is 1.20 bits per heavy atom. The molecule has 104 valence electrons.